The van der Waals surface area contributed by atoms with Crippen LogP contribution < -0.4 is 14.6 Å². The Morgan fingerprint density at radius 3 is 1.37 bits per heavy atom. The van der Waals surface area contributed by atoms with Crippen molar-refractivity contribution >= 4 is 16.9 Å². The molecule has 0 atom stereocenters. The van der Waals surface area contributed by atoms with E-state index in [2.05, 4.69) is 48.5 Å². The lowest BCUT2D eigenvalue weighted by atomic mass is 10.3. The van der Waals surface area contributed by atoms with Crippen LogP contribution >= 0.6 is 0 Å². The van der Waals surface area contributed by atoms with E-state index in [0.717, 1.165) is 18.4 Å². The monoisotopic (exact) mass is 382 g/mol. The molecule has 0 heterocycles. The van der Waals surface area contributed by atoms with Crippen molar-refractivity contribution in [2.75, 3.05) is 14.2 Å². The molecule has 0 aromatic heterocycles. The molecule has 0 spiro atoms. The van der Waals surface area contributed by atoms with E-state index in [1.165, 1.54) is 14.7 Å². The molecule has 4 nitrogen and oxygen atoms in total. The van der Waals surface area contributed by atoms with E-state index in [1.807, 2.05) is 30.3 Å². The molecular weight excluding hydrogens is 360 g/mol. The predicted molar refractivity (Wildman–Crippen MR) is 105 cm³/mol. The summed E-state index contributed by atoms with van der Waals surface area (Å²) >= 11 is 0. The Labute approximate surface area is 162 Å². The quantitative estimate of drug-likeness (QED) is 0.633. The van der Waals surface area contributed by atoms with E-state index in [0.29, 0.717) is 0 Å². The highest BCUT2D eigenvalue weighted by atomic mass is 32.2. The molecule has 0 radical (unpaired) electrons. The van der Waals surface area contributed by atoms with Gasteiger partial charge in [0.1, 0.15) is 11.5 Å². The Kier molecular flexibility index (Phi) is 7.77. The van der Waals surface area contributed by atoms with Crippen LogP contribution in [-0.2, 0) is 15.7 Å². The molecule has 0 unspecified atom stereocenters. The highest BCUT2D eigenvalue weighted by Gasteiger charge is 2.28. The largest absolute Gasteiger partial charge is 0.550 e. The maximum Gasteiger partial charge on any atom is 0.166 e. The van der Waals surface area contributed by atoms with Crippen molar-refractivity contribution in [2.24, 2.45) is 0 Å². The van der Waals surface area contributed by atoms with Gasteiger partial charge in [-0.05, 0) is 67.6 Å². The zero-order valence-corrected chi connectivity index (χ0v) is 16.4. The van der Waals surface area contributed by atoms with Gasteiger partial charge in [-0.25, -0.2) is 0 Å². The fourth-order valence-corrected chi connectivity index (χ4v) is 4.45. The molecule has 0 aliphatic rings. The summed E-state index contributed by atoms with van der Waals surface area (Å²) in [4.78, 5) is 12.7. The summed E-state index contributed by atoms with van der Waals surface area (Å²) in [5.41, 5.74) is 0. The molecule has 3 rings (SSSR count). The minimum Gasteiger partial charge on any atom is -0.550 e. The number of aliphatic carboxylic acids is 1. The van der Waals surface area contributed by atoms with E-state index >= 15 is 0 Å². The molecule has 0 bridgehead atoms. The van der Waals surface area contributed by atoms with Gasteiger partial charge in [0.2, 0.25) is 0 Å². The minimum absolute atomic E-state index is 0.146. The minimum atomic E-state index is -1.08. The van der Waals surface area contributed by atoms with Crippen LogP contribution in [0, 0.1) is 0 Å². The van der Waals surface area contributed by atoms with Crippen molar-refractivity contribution in [3.8, 4) is 11.5 Å². The first-order chi connectivity index (χ1) is 13.0. The van der Waals surface area contributed by atoms with Crippen LogP contribution in [0.2, 0.25) is 0 Å². The summed E-state index contributed by atoms with van der Waals surface area (Å²) in [6, 6.07) is 27.2. The molecule has 0 saturated heterocycles. The molecule has 0 N–H and O–H groups in total. The van der Waals surface area contributed by atoms with Gasteiger partial charge in [0, 0.05) is 5.97 Å². The van der Waals surface area contributed by atoms with Gasteiger partial charge in [0.15, 0.2) is 14.7 Å². The summed E-state index contributed by atoms with van der Waals surface area (Å²) in [5, 5.41) is 8.89. The van der Waals surface area contributed by atoms with Crippen LogP contribution in [-0.4, -0.2) is 20.2 Å². The van der Waals surface area contributed by atoms with E-state index in [4.69, 9.17) is 19.4 Å². The van der Waals surface area contributed by atoms with Crippen LogP contribution in [0.5, 0.6) is 11.5 Å². The van der Waals surface area contributed by atoms with Crippen LogP contribution in [0.3, 0.4) is 0 Å². The number of hydrogen-bond acceptors (Lipinski definition) is 4. The molecule has 0 aliphatic carbocycles. The SMILES string of the molecule is CC(=O)[O-].COc1ccc([S+](c2ccccc2)c2ccc(OC)cc2)cc1. The van der Waals surface area contributed by atoms with Crippen LogP contribution in [0.4, 0.5) is 0 Å². The summed E-state index contributed by atoms with van der Waals surface area (Å²) in [6.45, 7) is 0.972. The molecule has 27 heavy (non-hydrogen) atoms. The molecule has 0 aliphatic heterocycles. The van der Waals surface area contributed by atoms with Gasteiger partial charge in [-0.3, -0.25) is 0 Å². The number of carboxylic acid groups (broad SMARTS) is 1. The van der Waals surface area contributed by atoms with Gasteiger partial charge in [-0.2, -0.15) is 0 Å². The number of carboxylic acids is 1. The smallest absolute Gasteiger partial charge is 0.166 e. The maximum atomic E-state index is 8.89. The van der Waals surface area contributed by atoms with Crippen molar-refractivity contribution in [2.45, 2.75) is 21.6 Å². The van der Waals surface area contributed by atoms with Gasteiger partial charge < -0.3 is 19.4 Å². The third kappa shape index (κ3) is 6.08. The van der Waals surface area contributed by atoms with Crippen LogP contribution in [0.1, 0.15) is 6.92 Å². The Bertz CT molecular complexity index is 779. The first kappa shape index (κ1) is 20.4. The normalized spacial score (nSPS) is 9.93. The second-order valence-electron chi connectivity index (χ2n) is 5.46. The number of hydrogen-bond donors (Lipinski definition) is 0. The standard InChI is InChI=1S/C20H19O2S.C2H4O2/c1-21-16-8-12-19(13-9-16)23(18-6-4-3-5-7-18)20-14-10-17(22-2)11-15-20;1-2(3)4/h3-15H,1-2H3;1H3,(H,3,4)/q+1;/p-1. The third-order valence-corrected chi connectivity index (χ3v) is 5.80. The molecule has 0 saturated carbocycles. The zero-order chi connectivity index (χ0) is 19.6. The topological polar surface area (TPSA) is 58.6 Å². The van der Waals surface area contributed by atoms with Gasteiger partial charge in [-0.15, -0.1) is 0 Å². The lowest BCUT2D eigenvalue weighted by Crippen LogP contribution is -2.16. The fraction of sp³-hybridized carbons (Fsp3) is 0.136. The van der Waals surface area contributed by atoms with Crippen LogP contribution in [0.25, 0.3) is 0 Å². The Balaban J connectivity index is 0.000000596. The molecule has 3 aromatic rings. The van der Waals surface area contributed by atoms with Crippen molar-refractivity contribution in [1.29, 1.82) is 0 Å². The maximum absolute atomic E-state index is 8.89. The fourth-order valence-electron chi connectivity index (χ4n) is 2.39. The lowest BCUT2D eigenvalue weighted by Gasteiger charge is -2.09. The number of methoxy groups -OCH3 is 2. The lowest BCUT2D eigenvalue weighted by molar-refractivity contribution is -0.302. The molecule has 0 fully saturated rings. The number of benzene rings is 3. The summed E-state index contributed by atoms with van der Waals surface area (Å²) < 4.78 is 10.6. The first-order valence-corrected chi connectivity index (χ1v) is 9.52. The summed E-state index contributed by atoms with van der Waals surface area (Å²) in [5.74, 6) is 0.667. The van der Waals surface area contributed by atoms with Crippen molar-refractivity contribution in [3.05, 3.63) is 78.9 Å². The molecule has 5 heteroatoms. The number of ether oxygens (including phenoxy) is 2. The Hall–Kier alpha value is -2.92. The van der Waals surface area contributed by atoms with Gasteiger partial charge >= 0.3 is 0 Å². The molecule has 0 amide bonds. The van der Waals surface area contributed by atoms with Gasteiger partial charge in [0.25, 0.3) is 0 Å². The second-order valence-corrected chi connectivity index (χ2v) is 7.49. The second kappa shape index (κ2) is 10.3. The highest BCUT2D eigenvalue weighted by Crippen LogP contribution is 2.32. The van der Waals surface area contributed by atoms with Crippen LogP contribution in [0.15, 0.2) is 93.5 Å². The average molecular weight is 382 g/mol. The number of carbonyl (C=O) groups excluding carboxylic acids is 1. The van der Waals surface area contributed by atoms with E-state index in [9.17, 15) is 0 Å². The highest BCUT2D eigenvalue weighted by molar-refractivity contribution is 7.97. The van der Waals surface area contributed by atoms with Crippen molar-refractivity contribution in [3.63, 3.8) is 0 Å². The van der Waals surface area contributed by atoms with E-state index < -0.39 is 5.97 Å². The predicted octanol–water partition coefficient (Wildman–Crippen LogP) is 3.56. The average Bonchev–Trinajstić information content (AvgIpc) is 2.70. The van der Waals surface area contributed by atoms with Gasteiger partial charge in [-0.1, -0.05) is 18.2 Å². The van der Waals surface area contributed by atoms with Crippen molar-refractivity contribution < 1.29 is 19.4 Å². The molecule has 3 aromatic carbocycles. The number of rotatable bonds is 5. The molecular formula is C22H22O4S. The Morgan fingerprint density at radius 1 is 0.704 bits per heavy atom. The summed E-state index contributed by atoms with van der Waals surface area (Å²) in [6.07, 6.45) is 0. The summed E-state index contributed by atoms with van der Waals surface area (Å²) in [7, 11) is 3.23. The van der Waals surface area contributed by atoms with E-state index in [1.54, 1.807) is 14.2 Å². The molecule has 140 valence electrons. The number of carbonyl (C=O) groups is 1. The van der Waals surface area contributed by atoms with Gasteiger partial charge in [0.05, 0.1) is 25.1 Å². The Morgan fingerprint density at radius 2 is 1.04 bits per heavy atom. The van der Waals surface area contributed by atoms with Crippen molar-refractivity contribution in [1.82, 2.24) is 0 Å². The van der Waals surface area contributed by atoms with E-state index in [-0.39, 0.29) is 10.9 Å². The zero-order valence-electron chi connectivity index (χ0n) is 15.5. The third-order valence-electron chi connectivity index (χ3n) is 3.57. The first-order valence-electron chi connectivity index (χ1n) is 8.30.